The van der Waals surface area contributed by atoms with E-state index >= 15 is 0 Å². The Morgan fingerprint density at radius 2 is 1.29 bits per heavy atom. The van der Waals surface area contributed by atoms with Gasteiger partial charge in [-0.25, -0.2) is 0 Å². The molecule has 0 aromatic rings. The minimum absolute atomic E-state index is 0.213. The molecular weight excluding hydrogens is 240 g/mol. The van der Waals surface area contributed by atoms with Crippen LogP contribution in [0.25, 0.3) is 0 Å². The average Bonchev–Trinajstić information content (AvgIpc) is 2.60. The van der Waals surface area contributed by atoms with E-state index in [1.54, 1.807) is 0 Å². The largest absolute Gasteiger partial charge is 0.414 e. The summed E-state index contributed by atoms with van der Waals surface area (Å²) in [5.74, 6) is 0. The van der Waals surface area contributed by atoms with Crippen LogP contribution >= 0.6 is 0 Å². The lowest BCUT2D eigenvalue weighted by molar-refractivity contribution is 0.144. The summed E-state index contributed by atoms with van der Waals surface area (Å²) in [6, 6.07) is 0. The van der Waals surface area contributed by atoms with Gasteiger partial charge >= 0.3 is 0 Å². The Morgan fingerprint density at radius 3 is 1.59 bits per heavy atom. The molecule has 17 heavy (non-hydrogen) atoms. The van der Waals surface area contributed by atoms with Crippen LogP contribution in [0.1, 0.15) is 54.4 Å². The average molecular weight is 271 g/mol. The van der Waals surface area contributed by atoms with Crippen LogP contribution in [0.15, 0.2) is 12.2 Å². The van der Waals surface area contributed by atoms with Crippen molar-refractivity contribution >= 4 is 18.6 Å². The van der Waals surface area contributed by atoms with Crippen molar-refractivity contribution in [3.63, 3.8) is 0 Å². The highest BCUT2D eigenvalue weighted by Gasteiger charge is 2.49. The van der Waals surface area contributed by atoms with Gasteiger partial charge in [0.1, 0.15) is 0 Å². The Hall–Kier alpha value is 0.134. The second kappa shape index (κ2) is 5.41. The third kappa shape index (κ3) is 2.94. The molecule has 1 nitrogen and oxygen atoms in total. The lowest BCUT2D eigenvalue weighted by atomic mass is 10.3. The first-order chi connectivity index (χ1) is 7.74. The molecule has 0 radical (unpaired) electrons. The number of rotatable bonds is 5. The van der Waals surface area contributed by atoms with Gasteiger partial charge in [-0.15, -0.1) is 0 Å². The van der Waals surface area contributed by atoms with Crippen LogP contribution in [0.2, 0.25) is 16.6 Å². The van der Waals surface area contributed by atoms with Gasteiger partial charge in [0.2, 0.25) is 8.32 Å². The Balaban J connectivity index is 2.98. The molecule has 0 spiro atoms. The first kappa shape index (κ1) is 15.2. The summed E-state index contributed by atoms with van der Waals surface area (Å²) >= 11 is 0. The molecule has 0 fully saturated rings. The summed E-state index contributed by atoms with van der Waals surface area (Å²) in [6.07, 6.45) is 6.93. The first-order valence-corrected chi connectivity index (χ1v) is 10.2. The van der Waals surface area contributed by atoms with E-state index in [9.17, 15) is 0 Å². The summed E-state index contributed by atoms with van der Waals surface area (Å²) < 4.78 is 6.91. The number of hydrogen-bond donors (Lipinski definition) is 0. The van der Waals surface area contributed by atoms with Gasteiger partial charge in [0, 0.05) is 15.5 Å². The van der Waals surface area contributed by atoms with Crippen LogP contribution in [0.3, 0.4) is 0 Å². The highest BCUT2D eigenvalue weighted by atomic mass is 28.4. The van der Waals surface area contributed by atoms with Crippen LogP contribution in [0, 0.1) is 0 Å². The topological polar surface area (TPSA) is 9.23 Å². The molecule has 0 saturated carbocycles. The molecule has 0 aliphatic heterocycles. The highest BCUT2D eigenvalue weighted by Crippen LogP contribution is 2.46. The van der Waals surface area contributed by atoms with Crippen LogP contribution < -0.4 is 0 Å². The molecule has 0 saturated heterocycles. The predicted molar refractivity (Wildman–Crippen MR) is 83.2 cm³/mol. The standard InChI is InChI=1S/C14H30OSi2/c1-11(2)17(12(3)4,13(5)6)15-14(16)9-7-8-10-14/h7-8,11-13H,9-10H2,1-6,16H3. The Labute approximate surface area is 112 Å². The zero-order chi connectivity index (χ0) is 13.3. The van der Waals surface area contributed by atoms with E-state index < -0.39 is 8.32 Å². The molecule has 0 N–H and O–H groups in total. The molecule has 1 rings (SSSR count). The predicted octanol–water partition coefficient (Wildman–Crippen LogP) is 3.59. The van der Waals surface area contributed by atoms with Gasteiger partial charge in [0.15, 0.2) is 0 Å². The van der Waals surface area contributed by atoms with Crippen molar-refractivity contribution in [1.82, 2.24) is 0 Å². The fraction of sp³-hybridized carbons (Fsp3) is 0.857. The Bertz CT molecular complexity index is 252. The van der Waals surface area contributed by atoms with E-state index in [0.29, 0.717) is 16.6 Å². The summed E-state index contributed by atoms with van der Waals surface area (Å²) in [6.45, 7) is 14.2. The van der Waals surface area contributed by atoms with Crippen molar-refractivity contribution in [3.8, 4) is 0 Å². The maximum Gasteiger partial charge on any atom is 0.200 e. The van der Waals surface area contributed by atoms with E-state index in [1.165, 1.54) is 0 Å². The Kier molecular flexibility index (Phi) is 4.83. The maximum atomic E-state index is 6.91. The van der Waals surface area contributed by atoms with Gasteiger partial charge in [-0.1, -0.05) is 53.7 Å². The molecule has 0 unspecified atom stereocenters. The van der Waals surface area contributed by atoms with E-state index in [1.807, 2.05) is 0 Å². The summed E-state index contributed by atoms with van der Waals surface area (Å²) in [4.78, 5) is 0. The molecule has 1 aliphatic rings. The fourth-order valence-electron chi connectivity index (χ4n) is 3.61. The molecular formula is C14H30OSi2. The molecule has 0 bridgehead atoms. The quantitative estimate of drug-likeness (QED) is 0.548. The monoisotopic (exact) mass is 270 g/mol. The van der Waals surface area contributed by atoms with Crippen LogP contribution in [-0.4, -0.2) is 23.8 Å². The molecule has 3 heteroatoms. The summed E-state index contributed by atoms with van der Waals surface area (Å²) in [5.41, 5.74) is 2.11. The van der Waals surface area contributed by atoms with E-state index in [4.69, 9.17) is 4.43 Å². The normalized spacial score (nSPS) is 20.1. The van der Waals surface area contributed by atoms with Crippen LogP contribution in [0.5, 0.6) is 0 Å². The van der Waals surface area contributed by atoms with Crippen molar-refractivity contribution < 1.29 is 4.43 Å². The van der Waals surface area contributed by atoms with Crippen molar-refractivity contribution in [2.45, 2.75) is 76.2 Å². The van der Waals surface area contributed by atoms with Crippen LogP contribution in [0.4, 0.5) is 0 Å². The summed E-state index contributed by atoms with van der Waals surface area (Å²) in [5, 5.41) is 0.213. The number of hydrogen-bond acceptors (Lipinski definition) is 1. The molecule has 100 valence electrons. The first-order valence-electron chi connectivity index (χ1n) is 7.10. The third-order valence-electron chi connectivity index (χ3n) is 4.40. The van der Waals surface area contributed by atoms with Gasteiger partial charge < -0.3 is 4.43 Å². The fourth-order valence-corrected chi connectivity index (χ4v) is 10.9. The van der Waals surface area contributed by atoms with Crippen LogP contribution in [-0.2, 0) is 4.43 Å². The zero-order valence-corrected chi connectivity index (χ0v) is 15.7. The minimum Gasteiger partial charge on any atom is -0.414 e. The molecule has 0 heterocycles. The molecule has 0 amide bonds. The molecule has 0 aromatic carbocycles. The van der Waals surface area contributed by atoms with Crippen molar-refractivity contribution in [2.24, 2.45) is 0 Å². The van der Waals surface area contributed by atoms with E-state index in [2.05, 4.69) is 53.7 Å². The third-order valence-corrected chi connectivity index (χ3v) is 12.1. The lowest BCUT2D eigenvalue weighted by Gasteiger charge is -2.47. The van der Waals surface area contributed by atoms with Gasteiger partial charge in [-0.3, -0.25) is 0 Å². The molecule has 1 aliphatic carbocycles. The Morgan fingerprint density at radius 1 is 0.941 bits per heavy atom. The highest BCUT2D eigenvalue weighted by molar-refractivity contribution is 6.78. The van der Waals surface area contributed by atoms with Crippen molar-refractivity contribution in [3.05, 3.63) is 12.2 Å². The smallest absolute Gasteiger partial charge is 0.200 e. The lowest BCUT2D eigenvalue weighted by Crippen LogP contribution is -2.54. The SMILES string of the molecule is CC(C)[Si](OC1([SiH3])CC=CC1)(C(C)C)C(C)C. The molecule has 0 aromatic heterocycles. The van der Waals surface area contributed by atoms with Gasteiger partial charge in [0.25, 0.3) is 0 Å². The zero-order valence-electron chi connectivity index (χ0n) is 12.7. The molecule has 0 atom stereocenters. The summed E-state index contributed by atoms with van der Waals surface area (Å²) in [7, 11) is -0.520. The second-order valence-electron chi connectivity index (χ2n) is 6.75. The van der Waals surface area contributed by atoms with Gasteiger partial charge in [-0.2, -0.15) is 0 Å². The van der Waals surface area contributed by atoms with Crippen molar-refractivity contribution in [2.75, 3.05) is 0 Å². The van der Waals surface area contributed by atoms with Crippen molar-refractivity contribution in [1.29, 1.82) is 0 Å². The van der Waals surface area contributed by atoms with Gasteiger partial charge in [0.05, 0.1) is 0 Å². The van der Waals surface area contributed by atoms with E-state index in [-0.39, 0.29) is 5.22 Å². The second-order valence-corrected chi connectivity index (χ2v) is 13.9. The maximum absolute atomic E-state index is 6.91. The van der Waals surface area contributed by atoms with E-state index in [0.717, 1.165) is 23.1 Å². The minimum atomic E-state index is -1.67. The van der Waals surface area contributed by atoms with Gasteiger partial charge in [-0.05, 0) is 29.5 Å².